The molecule has 1 amide bonds. The molecule has 0 unspecified atom stereocenters. The summed E-state index contributed by atoms with van der Waals surface area (Å²) >= 11 is 0. The van der Waals surface area contributed by atoms with Gasteiger partial charge in [0.15, 0.2) is 0 Å². The Labute approximate surface area is 133 Å². The fourth-order valence-corrected chi connectivity index (χ4v) is 4.11. The Bertz CT molecular complexity index is 434. The lowest BCUT2D eigenvalue weighted by atomic mass is 9.88. The molecule has 0 N–H and O–H groups in total. The number of carbonyl (C=O) groups excluding carboxylic acids is 1. The van der Waals surface area contributed by atoms with Crippen LogP contribution in [0.3, 0.4) is 0 Å². The number of allylic oxidation sites excluding steroid dienone is 1. The van der Waals surface area contributed by atoms with Gasteiger partial charge in [0.25, 0.3) is 0 Å². The Balaban J connectivity index is 1.56. The molecule has 0 bridgehead atoms. The minimum atomic E-state index is -0.144. The van der Waals surface area contributed by atoms with E-state index in [-0.39, 0.29) is 17.6 Å². The fraction of sp³-hybridized carbons (Fsp3) is 0.833. The monoisotopic (exact) mass is 307 g/mol. The lowest BCUT2D eigenvalue weighted by Crippen LogP contribution is -2.50. The minimum Gasteiger partial charge on any atom is -0.376 e. The molecule has 0 aromatic carbocycles. The van der Waals surface area contributed by atoms with E-state index in [0.717, 1.165) is 51.8 Å². The van der Waals surface area contributed by atoms with Crippen LogP contribution in [0.5, 0.6) is 0 Å². The largest absolute Gasteiger partial charge is 0.376 e. The van der Waals surface area contributed by atoms with Crippen LogP contribution in [0, 0.1) is 0 Å². The standard InChI is InChI=1S/C18H29NO3/c1-2-21-16-12-18(22-13-16)9-6-10-19(14-18)17(20)11-15-7-4-3-5-8-15/h7,16H,2-6,8-14H2,1H3/t16-,18+/m1/s1. The van der Waals surface area contributed by atoms with Gasteiger partial charge < -0.3 is 14.4 Å². The highest BCUT2D eigenvalue weighted by Crippen LogP contribution is 2.36. The van der Waals surface area contributed by atoms with Crippen molar-refractivity contribution in [1.29, 1.82) is 0 Å². The van der Waals surface area contributed by atoms with Crippen molar-refractivity contribution in [2.45, 2.75) is 70.0 Å². The van der Waals surface area contributed by atoms with E-state index in [2.05, 4.69) is 6.08 Å². The van der Waals surface area contributed by atoms with E-state index in [9.17, 15) is 4.79 Å². The van der Waals surface area contributed by atoms with E-state index in [0.29, 0.717) is 13.0 Å². The van der Waals surface area contributed by atoms with Gasteiger partial charge >= 0.3 is 0 Å². The van der Waals surface area contributed by atoms with E-state index >= 15 is 0 Å². The number of hydrogen-bond donors (Lipinski definition) is 0. The molecule has 2 atom stereocenters. The molecule has 4 nitrogen and oxygen atoms in total. The normalized spacial score (nSPS) is 32.3. The maximum atomic E-state index is 12.6. The zero-order valence-electron chi connectivity index (χ0n) is 13.8. The average molecular weight is 307 g/mol. The molecule has 0 aromatic rings. The summed E-state index contributed by atoms with van der Waals surface area (Å²) in [7, 11) is 0. The number of rotatable bonds is 4. The van der Waals surface area contributed by atoms with Crippen LogP contribution in [0.15, 0.2) is 11.6 Å². The SMILES string of the molecule is CCO[C@H]1CO[C@@]2(CCCN(C(=O)CC3=CCCCC3)C2)C1. The number of carbonyl (C=O) groups is 1. The number of piperidine rings is 1. The predicted octanol–water partition coefficient (Wildman–Crippen LogP) is 3.06. The smallest absolute Gasteiger partial charge is 0.226 e. The van der Waals surface area contributed by atoms with Crippen LogP contribution in [0.4, 0.5) is 0 Å². The number of nitrogens with zero attached hydrogens (tertiary/aromatic N) is 1. The Morgan fingerprint density at radius 2 is 2.36 bits per heavy atom. The van der Waals surface area contributed by atoms with E-state index in [1.54, 1.807) is 0 Å². The quantitative estimate of drug-likeness (QED) is 0.749. The first kappa shape index (κ1) is 16.0. The first-order chi connectivity index (χ1) is 10.7. The molecule has 1 aliphatic carbocycles. The number of likely N-dealkylation sites (tertiary alicyclic amines) is 1. The zero-order valence-corrected chi connectivity index (χ0v) is 13.8. The molecular formula is C18H29NO3. The molecule has 0 radical (unpaired) electrons. The second-order valence-electron chi connectivity index (χ2n) is 6.98. The van der Waals surface area contributed by atoms with E-state index in [4.69, 9.17) is 9.47 Å². The summed E-state index contributed by atoms with van der Waals surface area (Å²) in [5.41, 5.74) is 1.20. The van der Waals surface area contributed by atoms with Gasteiger partial charge in [0, 0.05) is 32.5 Å². The van der Waals surface area contributed by atoms with Crippen LogP contribution in [0.1, 0.15) is 58.3 Å². The summed E-state index contributed by atoms with van der Waals surface area (Å²) < 4.78 is 11.8. The highest BCUT2D eigenvalue weighted by atomic mass is 16.6. The highest BCUT2D eigenvalue weighted by Gasteiger charge is 2.44. The zero-order chi connectivity index (χ0) is 15.4. The molecule has 0 aromatic heterocycles. The summed E-state index contributed by atoms with van der Waals surface area (Å²) in [6, 6.07) is 0. The summed E-state index contributed by atoms with van der Waals surface area (Å²) in [6.07, 6.45) is 10.9. The molecule has 0 saturated carbocycles. The summed E-state index contributed by atoms with van der Waals surface area (Å²) in [6.45, 7) is 5.08. The van der Waals surface area contributed by atoms with Gasteiger partial charge in [-0.05, 0) is 45.4 Å². The van der Waals surface area contributed by atoms with Crippen molar-refractivity contribution < 1.29 is 14.3 Å². The van der Waals surface area contributed by atoms with Crippen LogP contribution >= 0.6 is 0 Å². The van der Waals surface area contributed by atoms with Gasteiger partial charge in [-0.3, -0.25) is 4.79 Å². The van der Waals surface area contributed by atoms with Crippen LogP contribution < -0.4 is 0 Å². The molecule has 4 heteroatoms. The molecule has 3 rings (SSSR count). The third-order valence-electron chi connectivity index (χ3n) is 5.23. The Morgan fingerprint density at radius 3 is 3.14 bits per heavy atom. The fourth-order valence-electron chi connectivity index (χ4n) is 4.11. The van der Waals surface area contributed by atoms with E-state index in [1.807, 2.05) is 11.8 Å². The maximum Gasteiger partial charge on any atom is 0.226 e. The Kier molecular flexibility index (Phi) is 5.19. The van der Waals surface area contributed by atoms with Crippen LogP contribution in [-0.4, -0.2) is 48.8 Å². The maximum absolute atomic E-state index is 12.6. The molecule has 2 saturated heterocycles. The lowest BCUT2D eigenvalue weighted by molar-refractivity contribution is -0.138. The molecule has 2 aliphatic heterocycles. The average Bonchev–Trinajstić information content (AvgIpc) is 2.91. The van der Waals surface area contributed by atoms with Crippen molar-refractivity contribution in [3.05, 3.63) is 11.6 Å². The molecule has 124 valence electrons. The van der Waals surface area contributed by atoms with Gasteiger partial charge in [-0.1, -0.05) is 11.6 Å². The number of ether oxygens (including phenoxy) is 2. The van der Waals surface area contributed by atoms with Crippen LogP contribution in [-0.2, 0) is 14.3 Å². The van der Waals surface area contributed by atoms with Gasteiger partial charge in [0.1, 0.15) is 0 Å². The van der Waals surface area contributed by atoms with Gasteiger partial charge in [-0.25, -0.2) is 0 Å². The highest BCUT2D eigenvalue weighted by molar-refractivity contribution is 5.79. The van der Waals surface area contributed by atoms with Crippen molar-refractivity contribution in [1.82, 2.24) is 4.90 Å². The predicted molar refractivity (Wildman–Crippen MR) is 85.7 cm³/mol. The molecule has 1 spiro atoms. The van der Waals surface area contributed by atoms with E-state index in [1.165, 1.54) is 18.4 Å². The Hall–Kier alpha value is -0.870. The molecule has 2 heterocycles. The van der Waals surface area contributed by atoms with Gasteiger partial charge in [0.2, 0.25) is 5.91 Å². The third kappa shape index (κ3) is 3.72. The van der Waals surface area contributed by atoms with Gasteiger partial charge in [-0.2, -0.15) is 0 Å². The van der Waals surface area contributed by atoms with Gasteiger partial charge in [0.05, 0.1) is 18.3 Å². The van der Waals surface area contributed by atoms with Gasteiger partial charge in [-0.15, -0.1) is 0 Å². The molecule has 2 fully saturated rings. The lowest BCUT2D eigenvalue weighted by Gasteiger charge is -2.40. The topological polar surface area (TPSA) is 38.8 Å². The molecular weight excluding hydrogens is 278 g/mol. The van der Waals surface area contributed by atoms with Crippen LogP contribution in [0.25, 0.3) is 0 Å². The number of hydrogen-bond acceptors (Lipinski definition) is 3. The van der Waals surface area contributed by atoms with Crippen molar-refractivity contribution >= 4 is 5.91 Å². The first-order valence-electron chi connectivity index (χ1n) is 8.92. The first-order valence-corrected chi connectivity index (χ1v) is 8.92. The summed E-state index contributed by atoms with van der Waals surface area (Å²) in [4.78, 5) is 14.6. The molecule has 3 aliphatic rings. The second kappa shape index (κ2) is 7.14. The summed E-state index contributed by atoms with van der Waals surface area (Å²) in [5, 5.41) is 0. The van der Waals surface area contributed by atoms with Crippen molar-refractivity contribution in [2.24, 2.45) is 0 Å². The molecule has 22 heavy (non-hydrogen) atoms. The van der Waals surface area contributed by atoms with Crippen LogP contribution in [0.2, 0.25) is 0 Å². The van der Waals surface area contributed by atoms with E-state index < -0.39 is 0 Å². The summed E-state index contributed by atoms with van der Waals surface area (Å²) in [5.74, 6) is 0.288. The minimum absolute atomic E-state index is 0.144. The van der Waals surface area contributed by atoms with Crippen molar-refractivity contribution in [3.63, 3.8) is 0 Å². The second-order valence-corrected chi connectivity index (χ2v) is 6.98. The number of amides is 1. The Morgan fingerprint density at radius 1 is 1.45 bits per heavy atom. The third-order valence-corrected chi connectivity index (χ3v) is 5.23. The van der Waals surface area contributed by atoms with Crippen molar-refractivity contribution in [3.8, 4) is 0 Å². The van der Waals surface area contributed by atoms with Crippen molar-refractivity contribution in [2.75, 3.05) is 26.3 Å².